The first-order chi connectivity index (χ1) is 14.3. The third-order valence-corrected chi connectivity index (χ3v) is 6.53. The number of piperidine rings is 1. The van der Waals surface area contributed by atoms with Gasteiger partial charge in [0.2, 0.25) is 10.0 Å². The molecule has 0 aliphatic carbocycles. The Morgan fingerprint density at radius 3 is 2.40 bits per heavy atom. The van der Waals surface area contributed by atoms with E-state index in [0.717, 1.165) is 37.5 Å². The minimum Gasteiger partial charge on any atom is -0.452 e. The van der Waals surface area contributed by atoms with Crippen LogP contribution in [0.3, 0.4) is 0 Å². The van der Waals surface area contributed by atoms with E-state index in [1.807, 2.05) is 0 Å². The van der Waals surface area contributed by atoms with Gasteiger partial charge in [-0.15, -0.1) is 0 Å². The number of nitrogens with one attached hydrogen (secondary N) is 1. The number of benzene rings is 2. The van der Waals surface area contributed by atoms with Crippen molar-refractivity contribution >= 4 is 27.6 Å². The Balaban J connectivity index is 1.68. The van der Waals surface area contributed by atoms with Crippen LogP contribution < -0.4 is 5.32 Å². The van der Waals surface area contributed by atoms with Gasteiger partial charge in [-0.2, -0.15) is 4.31 Å². The van der Waals surface area contributed by atoms with Crippen LogP contribution in [-0.2, 0) is 19.6 Å². The predicted octanol–water partition coefficient (Wildman–Crippen LogP) is 2.93. The Morgan fingerprint density at radius 2 is 1.70 bits per heavy atom. The van der Waals surface area contributed by atoms with Gasteiger partial charge in [-0.25, -0.2) is 22.0 Å². The lowest BCUT2D eigenvalue weighted by molar-refractivity contribution is -0.119. The fraction of sp³-hybridized carbons (Fsp3) is 0.300. The molecule has 1 aliphatic heterocycles. The normalized spacial score (nSPS) is 14.9. The van der Waals surface area contributed by atoms with E-state index in [2.05, 4.69) is 5.32 Å². The third kappa shape index (κ3) is 5.00. The number of rotatable bonds is 6. The number of hydrogen-bond acceptors (Lipinski definition) is 5. The van der Waals surface area contributed by atoms with Crippen LogP contribution in [0.5, 0.6) is 0 Å². The molecule has 2 aromatic carbocycles. The van der Waals surface area contributed by atoms with E-state index in [9.17, 15) is 26.8 Å². The second-order valence-electron chi connectivity index (χ2n) is 6.71. The molecular formula is C20H20F2N2O5S. The molecule has 0 unspecified atom stereocenters. The number of carbonyl (C=O) groups excluding carboxylic acids is 2. The number of ether oxygens (including phenoxy) is 1. The second kappa shape index (κ2) is 9.31. The van der Waals surface area contributed by atoms with Crippen molar-refractivity contribution in [1.29, 1.82) is 0 Å². The van der Waals surface area contributed by atoms with Gasteiger partial charge in [-0.05, 0) is 37.1 Å². The minimum atomic E-state index is -3.88. The van der Waals surface area contributed by atoms with Gasteiger partial charge in [0.1, 0.15) is 0 Å². The average molecular weight is 438 g/mol. The number of sulfonamides is 1. The van der Waals surface area contributed by atoms with Gasteiger partial charge in [-0.3, -0.25) is 4.79 Å². The lowest BCUT2D eigenvalue weighted by Crippen LogP contribution is -2.36. The number of hydrogen-bond donors (Lipinski definition) is 1. The second-order valence-corrected chi connectivity index (χ2v) is 8.62. The Labute approximate surface area is 172 Å². The average Bonchev–Trinajstić information content (AvgIpc) is 2.75. The lowest BCUT2D eigenvalue weighted by atomic mass is 10.2. The molecule has 1 fully saturated rings. The van der Waals surface area contributed by atoms with E-state index in [1.54, 1.807) is 0 Å². The van der Waals surface area contributed by atoms with Gasteiger partial charge in [0.05, 0.1) is 10.5 Å². The maximum absolute atomic E-state index is 13.2. The first-order valence-corrected chi connectivity index (χ1v) is 10.7. The molecule has 2 aromatic rings. The maximum atomic E-state index is 13.2. The largest absolute Gasteiger partial charge is 0.452 e. The van der Waals surface area contributed by atoms with Gasteiger partial charge in [0.25, 0.3) is 5.91 Å². The molecule has 10 heteroatoms. The molecule has 0 aromatic heterocycles. The monoisotopic (exact) mass is 438 g/mol. The summed E-state index contributed by atoms with van der Waals surface area (Å²) in [6.07, 6.45) is 2.44. The van der Waals surface area contributed by atoms with Crippen LogP contribution in [0.25, 0.3) is 0 Å². The molecule has 3 rings (SSSR count). The zero-order valence-electron chi connectivity index (χ0n) is 15.9. The minimum absolute atomic E-state index is 0.0111. The molecule has 0 bridgehead atoms. The van der Waals surface area contributed by atoms with Crippen LogP contribution in [0, 0.1) is 11.6 Å². The molecule has 1 amide bonds. The summed E-state index contributed by atoms with van der Waals surface area (Å²) in [5.74, 6) is -3.97. The standard InChI is InChI=1S/C20H20F2N2O5S/c21-16-9-8-14(12-17(16)22)23-19(25)13-29-20(26)15-6-2-3-7-18(15)30(27,28)24-10-4-1-5-11-24/h2-3,6-9,12H,1,4-5,10-11,13H2,(H,23,25). The number of halogens is 2. The van der Waals surface area contributed by atoms with Gasteiger partial charge in [0.15, 0.2) is 18.2 Å². The maximum Gasteiger partial charge on any atom is 0.340 e. The van der Waals surface area contributed by atoms with Crippen LogP contribution in [0.4, 0.5) is 14.5 Å². The first kappa shape index (κ1) is 21.8. The summed E-state index contributed by atoms with van der Waals surface area (Å²) >= 11 is 0. The quantitative estimate of drug-likeness (QED) is 0.700. The van der Waals surface area contributed by atoms with Crippen molar-refractivity contribution in [3.8, 4) is 0 Å². The van der Waals surface area contributed by atoms with Crippen molar-refractivity contribution in [3.05, 3.63) is 59.7 Å². The summed E-state index contributed by atoms with van der Waals surface area (Å²) in [4.78, 5) is 24.2. The van der Waals surface area contributed by atoms with Gasteiger partial charge in [-0.1, -0.05) is 18.6 Å². The van der Waals surface area contributed by atoms with Crippen molar-refractivity contribution in [2.24, 2.45) is 0 Å². The highest BCUT2D eigenvalue weighted by atomic mass is 32.2. The van der Waals surface area contributed by atoms with Crippen molar-refractivity contribution in [3.63, 3.8) is 0 Å². The van der Waals surface area contributed by atoms with Crippen molar-refractivity contribution in [1.82, 2.24) is 4.31 Å². The van der Waals surface area contributed by atoms with Crippen molar-refractivity contribution in [2.75, 3.05) is 25.0 Å². The summed E-state index contributed by atoms with van der Waals surface area (Å²) in [5.41, 5.74) is -0.188. The van der Waals surface area contributed by atoms with Crippen molar-refractivity contribution < 1.29 is 31.5 Å². The molecule has 1 heterocycles. The molecule has 1 aliphatic rings. The molecule has 7 nitrogen and oxygen atoms in total. The first-order valence-electron chi connectivity index (χ1n) is 9.30. The van der Waals surface area contributed by atoms with Crippen LogP contribution in [0.1, 0.15) is 29.6 Å². The zero-order chi connectivity index (χ0) is 21.7. The van der Waals surface area contributed by atoms with Crippen LogP contribution in [-0.4, -0.2) is 44.3 Å². The van der Waals surface area contributed by atoms with E-state index >= 15 is 0 Å². The molecule has 1 N–H and O–H groups in total. The SMILES string of the molecule is O=C(COC(=O)c1ccccc1S(=O)(=O)N1CCCCC1)Nc1ccc(F)c(F)c1. The Hall–Kier alpha value is -2.85. The fourth-order valence-corrected chi connectivity index (χ4v) is 4.78. The van der Waals surface area contributed by atoms with Crippen LogP contribution in [0.2, 0.25) is 0 Å². The van der Waals surface area contributed by atoms with E-state index in [0.29, 0.717) is 13.1 Å². The molecule has 0 spiro atoms. The number of nitrogens with zero attached hydrogens (tertiary/aromatic N) is 1. The summed E-state index contributed by atoms with van der Waals surface area (Å²) in [5, 5.41) is 2.26. The van der Waals surface area contributed by atoms with E-state index in [4.69, 9.17) is 4.74 Å². The molecular weight excluding hydrogens is 418 g/mol. The molecule has 0 radical (unpaired) electrons. The van der Waals surface area contributed by atoms with Crippen molar-refractivity contribution in [2.45, 2.75) is 24.2 Å². The van der Waals surface area contributed by atoms with Crippen LogP contribution >= 0.6 is 0 Å². The molecule has 160 valence electrons. The van der Waals surface area contributed by atoms with E-state index in [1.165, 1.54) is 28.6 Å². The lowest BCUT2D eigenvalue weighted by Gasteiger charge is -2.26. The van der Waals surface area contributed by atoms with E-state index in [-0.39, 0.29) is 16.1 Å². The summed E-state index contributed by atoms with van der Waals surface area (Å²) in [7, 11) is -3.88. The number of amides is 1. The van der Waals surface area contributed by atoms with E-state index < -0.39 is 40.1 Å². The highest BCUT2D eigenvalue weighted by Gasteiger charge is 2.30. The Morgan fingerprint density at radius 1 is 1.00 bits per heavy atom. The zero-order valence-corrected chi connectivity index (χ0v) is 16.8. The smallest absolute Gasteiger partial charge is 0.340 e. The molecule has 1 saturated heterocycles. The fourth-order valence-electron chi connectivity index (χ4n) is 3.08. The summed E-state index contributed by atoms with van der Waals surface area (Å²) in [6.45, 7) is 0.0284. The Bertz CT molecular complexity index is 1050. The predicted molar refractivity (Wildman–Crippen MR) is 104 cm³/mol. The highest BCUT2D eigenvalue weighted by Crippen LogP contribution is 2.24. The summed E-state index contributed by atoms with van der Waals surface area (Å²) < 4.78 is 58.3. The molecule has 30 heavy (non-hydrogen) atoms. The number of carbonyl (C=O) groups is 2. The summed E-state index contributed by atoms with van der Waals surface area (Å²) in [6, 6.07) is 8.41. The third-order valence-electron chi connectivity index (χ3n) is 4.58. The van der Waals surface area contributed by atoms with Gasteiger partial charge < -0.3 is 10.1 Å². The highest BCUT2D eigenvalue weighted by molar-refractivity contribution is 7.89. The Kier molecular flexibility index (Phi) is 6.78. The molecule has 0 atom stereocenters. The number of anilines is 1. The van der Waals surface area contributed by atoms with Gasteiger partial charge >= 0.3 is 5.97 Å². The van der Waals surface area contributed by atoms with Gasteiger partial charge in [0, 0.05) is 24.8 Å². The topological polar surface area (TPSA) is 92.8 Å². The number of esters is 1. The van der Waals surface area contributed by atoms with Crippen LogP contribution in [0.15, 0.2) is 47.4 Å². The molecule has 0 saturated carbocycles.